The summed E-state index contributed by atoms with van der Waals surface area (Å²) in [5, 5.41) is 41.5. The number of aliphatic hydroxyl groups is 1. The first kappa shape index (κ1) is 59.7. The second kappa shape index (κ2) is 29.2. The summed E-state index contributed by atoms with van der Waals surface area (Å²) >= 11 is 8.55. The maximum Gasteiger partial charge on any atom is 0.244 e. The van der Waals surface area contributed by atoms with Crippen molar-refractivity contribution in [3.8, 4) is 5.75 Å². The van der Waals surface area contributed by atoms with Crippen LogP contribution in [0.1, 0.15) is 63.1 Å². The van der Waals surface area contributed by atoms with Gasteiger partial charge in [-0.1, -0.05) is 86.6 Å². The van der Waals surface area contributed by atoms with Gasteiger partial charge in [-0.2, -0.15) is 25.3 Å². The Balaban J connectivity index is 1.38. The van der Waals surface area contributed by atoms with Crippen LogP contribution in [0.2, 0.25) is 0 Å². The lowest BCUT2D eigenvalue weighted by atomic mass is 10.00. The van der Waals surface area contributed by atoms with E-state index in [2.05, 4.69) is 67.5 Å². The minimum Gasteiger partial charge on any atom is -0.508 e. The number of nitrogens with two attached hydrogens (primary N) is 2. The number of benzene rings is 4. The molecular formula is C54H70N10O10S2. The fourth-order valence-corrected chi connectivity index (χ4v) is 8.94. The van der Waals surface area contributed by atoms with Gasteiger partial charge in [-0.05, 0) is 90.7 Å². The molecule has 14 N–H and O–H groups in total. The third kappa shape index (κ3) is 17.5. The van der Waals surface area contributed by atoms with E-state index in [0.29, 0.717) is 30.4 Å². The number of aromatic amines is 1. The van der Waals surface area contributed by atoms with Gasteiger partial charge in [0.2, 0.25) is 47.3 Å². The van der Waals surface area contributed by atoms with E-state index < -0.39 is 102 Å². The van der Waals surface area contributed by atoms with E-state index in [1.54, 1.807) is 32.2 Å². The van der Waals surface area contributed by atoms with Gasteiger partial charge in [-0.25, -0.2) is 0 Å². The van der Waals surface area contributed by atoms with Gasteiger partial charge in [0.05, 0.1) is 6.10 Å². The van der Waals surface area contributed by atoms with E-state index in [-0.39, 0.29) is 49.5 Å². The lowest BCUT2D eigenvalue weighted by Crippen LogP contribution is -2.61. The highest BCUT2D eigenvalue weighted by Crippen LogP contribution is 2.21. The molecule has 8 atom stereocenters. The van der Waals surface area contributed by atoms with Crippen molar-refractivity contribution >= 4 is 94.2 Å². The number of nitrogens with one attached hydrogen (secondary N) is 8. The largest absolute Gasteiger partial charge is 0.508 e. The highest BCUT2D eigenvalue weighted by Gasteiger charge is 2.35. The van der Waals surface area contributed by atoms with Crippen LogP contribution in [-0.2, 0) is 57.6 Å². The number of hydrogen-bond acceptors (Lipinski definition) is 13. The highest BCUT2D eigenvalue weighted by molar-refractivity contribution is 7.80. The van der Waals surface area contributed by atoms with Crippen molar-refractivity contribution in [2.45, 2.75) is 114 Å². The van der Waals surface area contributed by atoms with Crippen molar-refractivity contribution in [1.29, 1.82) is 0 Å². The third-order valence-corrected chi connectivity index (χ3v) is 13.5. The molecule has 408 valence electrons. The molecule has 0 spiro atoms. The van der Waals surface area contributed by atoms with Crippen LogP contribution in [0.4, 0.5) is 0 Å². The first-order valence-electron chi connectivity index (χ1n) is 25.1. The molecular weight excluding hydrogens is 1010 g/mol. The number of aliphatic hydroxyl groups excluding tert-OH is 1. The minimum absolute atomic E-state index is 0.0332. The van der Waals surface area contributed by atoms with E-state index in [1.807, 2.05) is 66.7 Å². The molecule has 8 amide bonds. The van der Waals surface area contributed by atoms with Crippen molar-refractivity contribution in [2.24, 2.45) is 17.4 Å². The smallest absolute Gasteiger partial charge is 0.244 e. The number of primary amides is 1. The Morgan fingerprint density at radius 2 is 1.13 bits per heavy atom. The number of amides is 8. The second-order valence-electron chi connectivity index (χ2n) is 19.0. The van der Waals surface area contributed by atoms with Gasteiger partial charge >= 0.3 is 0 Å². The Morgan fingerprint density at radius 1 is 0.592 bits per heavy atom. The predicted octanol–water partition coefficient (Wildman–Crippen LogP) is 1.35. The molecule has 5 rings (SSSR count). The van der Waals surface area contributed by atoms with Crippen molar-refractivity contribution in [3.63, 3.8) is 0 Å². The molecule has 1 heterocycles. The lowest BCUT2D eigenvalue weighted by Gasteiger charge is -2.29. The number of hydrogen-bond donors (Lipinski definition) is 14. The average Bonchev–Trinajstić information content (AvgIpc) is 3.81. The first-order chi connectivity index (χ1) is 36.3. The van der Waals surface area contributed by atoms with Gasteiger partial charge in [-0.3, -0.25) is 38.4 Å². The molecule has 4 aromatic carbocycles. The molecule has 0 unspecified atom stereocenters. The molecule has 1 aromatic heterocycles. The number of aryl methyl sites for hydroxylation is 1. The Kier molecular flexibility index (Phi) is 23.0. The molecule has 76 heavy (non-hydrogen) atoms. The zero-order valence-electron chi connectivity index (χ0n) is 42.7. The second-order valence-corrected chi connectivity index (χ2v) is 19.7. The zero-order chi connectivity index (χ0) is 55.5. The normalized spacial score (nSPS) is 14.5. The maximum absolute atomic E-state index is 14.7. The van der Waals surface area contributed by atoms with Gasteiger partial charge in [0.25, 0.3) is 0 Å². The number of carbonyl (C=O) groups excluding carboxylic acids is 8. The summed E-state index contributed by atoms with van der Waals surface area (Å²) in [5.41, 5.74) is 14.0. The summed E-state index contributed by atoms with van der Waals surface area (Å²) in [6.07, 6.45) is 1.50. The summed E-state index contributed by atoms with van der Waals surface area (Å²) in [4.78, 5) is 113. The SMILES string of the molecule is CC(C)[C@H](NC(=O)[C@H](CCCCN)NC(=O)[C@@H](Cc1c[nH]c2ccccc12)NC(=O)[C@H](Cc1ccc(O)cc1)NC(=O)[C@@H](CS)NC(=O)CCc1ccc2ccccc2c1)C(=O)N[C@@H](CS)C(=O)N[C@H](C(N)=O)[C@@H](C)O. The lowest BCUT2D eigenvalue weighted by molar-refractivity contribution is -0.136. The maximum atomic E-state index is 14.7. The fraction of sp³-hybridized carbons (Fsp3) is 0.407. The van der Waals surface area contributed by atoms with Crippen LogP contribution in [0, 0.1) is 5.92 Å². The monoisotopic (exact) mass is 1080 g/mol. The van der Waals surface area contributed by atoms with E-state index in [0.717, 1.165) is 27.2 Å². The molecule has 0 radical (unpaired) electrons. The number of rotatable bonds is 29. The standard InChI is InChI=1S/C54H70N10O10S2/c1-30(2)46(54(74)62-44(29-76)53(73)64-47(31(3)65)48(56)68)63-49(69)40(14-8-9-23-55)59-51(71)42(26-36-27-57-39-13-7-6-12-38(36)39)61-50(70)41(25-33-16-20-37(66)21-17-33)60-52(72)43(28-75)58-45(67)22-18-32-15-19-34-10-4-5-11-35(34)24-32/h4-7,10-13,15-17,19-21,24,27,30-31,40-44,46-47,57,65-66,75-76H,8-9,14,18,22-23,25-26,28-29,55H2,1-3H3,(H2,56,68)(H,58,67)(H,59,71)(H,60,72)(H,61,70)(H,62,74)(H,63,69)(H,64,73)/t31-,40+,41+,42-,43-,44+,46+,47+/m1/s1. The number of phenols is 1. The van der Waals surface area contributed by atoms with Crippen molar-refractivity contribution < 1.29 is 48.6 Å². The Morgan fingerprint density at radius 3 is 1.76 bits per heavy atom. The molecule has 0 bridgehead atoms. The van der Waals surface area contributed by atoms with E-state index in [1.165, 1.54) is 19.1 Å². The zero-order valence-corrected chi connectivity index (χ0v) is 44.5. The fourth-order valence-electron chi connectivity index (χ4n) is 8.43. The van der Waals surface area contributed by atoms with Crippen molar-refractivity contribution in [1.82, 2.24) is 42.2 Å². The predicted molar refractivity (Wildman–Crippen MR) is 296 cm³/mol. The van der Waals surface area contributed by atoms with Crippen LogP contribution in [0.25, 0.3) is 21.7 Å². The van der Waals surface area contributed by atoms with Crippen LogP contribution in [0.15, 0.2) is 97.2 Å². The minimum atomic E-state index is -1.46. The summed E-state index contributed by atoms with van der Waals surface area (Å²) in [5.74, 6) is -7.08. The number of thiol groups is 2. The highest BCUT2D eigenvalue weighted by atomic mass is 32.1. The van der Waals surface area contributed by atoms with Gasteiger partial charge in [0.15, 0.2) is 0 Å². The third-order valence-electron chi connectivity index (χ3n) is 12.8. The number of unbranched alkanes of at least 4 members (excludes halogenated alkanes) is 1. The summed E-state index contributed by atoms with van der Waals surface area (Å²) < 4.78 is 0. The molecule has 0 aliphatic heterocycles. The summed E-state index contributed by atoms with van der Waals surface area (Å²) in [7, 11) is 0. The number of phenolic OH excluding ortho intramolecular Hbond substituents is 1. The Hall–Kier alpha value is -7.14. The van der Waals surface area contributed by atoms with Crippen LogP contribution in [0.5, 0.6) is 5.75 Å². The van der Waals surface area contributed by atoms with Gasteiger partial charge < -0.3 is 63.9 Å². The number of aromatic hydroxyl groups is 1. The summed E-state index contributed by atoms with van der Waals surface area (Å²) in [6.45, 7) is 4.83. The molecule has 0 aliphatic carbocycles. The van der Waals surface area contributed by atoms with Crippen molar-refractivity contribution in [3.05, 3.63) is 114 Å². The topological polar surface area (TPSA) is 329 Å². The van der Waals surface area contributed by atoms with Crippen LogP contribution in [-0.4, -0.2) is 129 Å². The van der Waals surface area contributed by atoms with E-state index in [9.17, 15) is 48.6 Å². The quantitative estimate of drug-likeness (QED) is 0.0240. The molecule has 5 aromatic rings. The number of para-hydroxylation sites is 1. The molecule has 0 saturated heterocycles. The van der Waals surface area contributed by atoms with E-state index in [4.69, 9.17) is 11.5 Å². The Labute approximate surface area is 452 Å². The molecule has 0 saturated carbocycles. The molecule has 0 aliphatic rings. The molecule has 22 heteroatoms. The molecule has 0 fully saturated rings. The van der Waals surface area contributed by atoms with Crippen LogP contribution < -0.4 is 48.7 Å². The number of fused-ring (bicyclic) bond motifs is 2. The van der Waals surface area contributed by atoms with Gasteiger partial charge in [-0.15, -0.1) is 0 Å². The number of carbonyl (C=O) groups is 8. The van der Waals surface area contributed by atoms with Gasteiger partial charge in [0, 0.05) is 47.9 Å². The van der Waals surface area contributed by atoms with E-state index >= 15 is 0 Å². The van der Waals surface area contributed by atoms with Gasteiger partial charge in [0.1, 0.15) is 48.0 Å². The average molecular weight is 1080 g/mol. The number of H-pyrrole nitrogens is 1. The molecule has 20 nitrogen and oxygen atoms in total. The van der Waals surface area contributed by atoms with Crippen LogP contribution in [0.3, 0.4) is 0 Å². The van der Waals surface area contributed by atoms with Crippen LogP contribution >= 0.6 is 25.3 Å². The van der Waals surface area contributed by atoms with Crippen molar-refractivity contribution in [2.75, 3.05) is 18.1 Å². The Bertz CT molecular complexity index is 2810. The first-order valence-corrected chi connectivity index (χ1v) is 26.4. The summed E-state index contributed by atoms with van der Waals surface area (Å²) in [6, 6.07) is 17.9. The number of aromatic nitrogens is 1.